The van der Waals surface area contributed by atoms with Crippen LogP contribution in [0.3, 0.4) is 0 Å². The first kappa shape index (κ1) is 22.0. The van der Waals surface area contributed by atoms with Crippen LogP contribution in [0.2, 0.25) is 0 Å². The Kier molecular flexibility index (Phi) is 5.95. The Morgan fingerprint density at radius 1 is 1.18 bits per heavy atom. The van der Waals surface area contributed by atoms with Crippen molar-refractivity contribution in [2.24, 2.45) is 0 Å². The molecule has 34 heavy (non-hydrogen) atoms. The third-order valence-corrected chi connectivity index (χ3v) is 6.28. The number of benzene rings is 2. The first-order valence-corrected chi connectivity index (χ1v) is 11.3. The summed E-state index contributed by atoms with van der Waals surface area (Å²) < 4.78 is 19.9. The van der Waals surface area contributed by atoms with Crippen LogP contribution in [-0.4, -0.2) is 22.2 Å². The maximum Gasteiger partial charge on any atom is 0.307 e. The third kappa shape index (κ3) is 4.47. The molecule has 0 radical (unpaired) electrons. The fraction of sp³-hybridized carbons (Fsp3) is 0.172. The number of rotatable bonds is 6. The lowest BCUT2D eigenvalue weighted by Crippen LogP contribution is -2.12. The largest absolute Gasteiger partial charge is 0.481 e. The van der Waals surface area contributed by atoms with E-state index < -0.39 is 5.97 Å². The summed E-state index contributed by atoms with van der Waals surface area (Å²) in [6.45, 7) is 2.33. The molecule has 1 heterocycles. The van der Waals surface area contributed by atoms with Crippen molar-refractivity contribution in [2.75, 3.05) is 0 Å². The monoisotopic (exact) mass is 453 g/mol. The van der Waals surface area contributed by atoms with Crippen molar-refractivity contribution < 1.29 is 19.0 Å². The van der Waals surface area contributed by atoms with Gasteiger partial charge in [0.2, 0.25) is 0 Å². The Labute approximate surface area is 197 Å². The molecule has 5 heteroatoms. The molecule has 0 saturated carbocycles. The normalized spacial score (nSPS) is 18.5. The van der Waals surface area contributed by atoms with Crippen LogP contribution in [-0.2, 0) is 16.1 Å². The molecule has 3 aromatic rings. The van der Waals surface area contributed by atoms with Crippen molar-refractivity contribution in [1.29, 1.82) is 0 Å². The molecule has 0 bridgehead atoms. The maximum atomic E-state index is 13.9. The minimum atomic E-state index is -0.927. The van der Waals surface area contributed by atoms with Crippen molar-refractivity contribution >= 4 is 28.0 Å². The summed E-state index contributed by atoms with van der Waals surface area (Å²) in [5, 5.41) is 10.4. The van der Waals surface area contributed by atoms with Crippen LogP contribution in [0.1, 0.15) is 36.6 Å². The molecule has 0 amide bonds. The molecule has 170 valence electrons. The van der Waals surface area contributed by atoms with E-state index in [1.54, 1.807) is 6.07 Å². The van der Waals surface area contributed by atoms with E-state index in [9.17, 15) is 14.3 Å². The van der Waals surface area contributed by atoms with E-state index in [-0.39, 0.29) is 18.3 Å². The van der Waals surface area contributed by atoms with Gasteiger partial charge in [-0.1, -0.05) is 48.6 Å². The molecule has 0 aliphatic heterocycles. The van der Waals surface area contributed by atoms with E-state index in [4.69, 9.17) is 4.74 Å². The zero-order valence-corrected chi connectivity index (χ0v) is 18.8. The number of carbonyl (C=O) groups is 1. The van der Waals surface area contributed by atoms with E-state index >= 15 is 0 Å². The number of hydrogen-bond donors (Lipinski definition) is 1. The second-order valence-corrected chi connectivity index (χ2v) is 8.57. The second-order valence-electron chi connectivity index (χ2n) is 8.57. The van der Waals surface area contributed by atoms with Crippen molar-refractivity contribution in [3.63, 3.8) is 0 Å². The highest BCUT2D eigenvalue weighted by molar-refractivity contribution is 6.03. The highest BCUT2D eigenvalue weighted by atomic mass is 19.1. The highest BCUT2D eigenvalue weighted by Crippen LogP contribution is 2.43. The number of halogens is 1. The topological polar surface area (TPSA) is 59.4 Å². The molecule has 1 aromatic heterocycles. The molecule has 2 aromatic carbocycles. The number of hydrogen-bond acceptors (Lipinski definition) is 3. The number of aromatic nitrogens is 1. The molecule has 5 rings (SSSR count). The summed E-state index contributed by atoms with van der Waals surface area (Å²) in [6, 6.07) is 16.6. The maximum absolute atomic E-state index is 13.9. The lowest BCUT2D eigenvalue weighted by atomic mass is 9.97. The van der Waals surface area contributed by atoms with Gasteiger partial charge in [0.05, 0.1) is 30.3 Å². The summed E-state index contributed by atoms with van der Waals surface area (Å²) in [5.41, 5.74) is 6.87. The number of carboxylic acids is 1. The van der Waals surface area contributed by atoms with Crippen LogP contribution in [0.4, 0.5) is 4.39 Å². The average Bonchev–Trinajstić information content (AvgIpc) is 3.08. The standard InChI is InChI=1S/C29H24FNO3/c1-18-25(24-13-9-21(30)15-27(24)26(18)16-29(32)33)14-19-6-11-23(12-7-19)34-17-22-10-8-20-4-2-3-5-28(20)31-22/h2-11,13-15,23H,12,16-17H2,1H3,(H,32,33)/b25-14+. The quantitative estimate of drug-likeness (QED) is 0.463. The molecule has 4 nitrogen and oxygen atoms in total. The zero-order valence-electron chi connectivity index (χ0n) is 18.8. The lowest BCUT2D eigenvalue weighted by molar-refractivity contribution is -0.135. The molecular weight excluding hydrogens is 429 g/mol. The molecule has 1 N–H and O–H groups in total. The van der Waals surface area contributed by atoms with Gasteiger partial charge in [-0.3, -0.25) is 9.78 Å². The van der Waals surface area contributed by atoms with Crippen LogP contribution < -0.4 is 0 Å². The van der Waals surface area contributed by atoms with Crippen molar-refractivity contribution in [3.8, 4) is 0 Å². The fourth-order valence-corrected chi connectivity index (χ4v) is 4.53. The van der Waals surface area contributed by atoms with E-state index in [1.807, 2.05) is 55.5 Å². The molecule has 1 atom stereocenters. The number of allylic oxidation sites excluding steroid dienone is 5. The summed E-state index contributed by atoms with van der Waals surface area (Å²) in [7, 11) is 0. The molecular formula is C29H24FNO3. The number of carboxylic acid groups (broad SMARTS) is 1. The Morgan fingerprint density at radius 3 is 2.82 bits per heavy atom. The number of fused-ring (bicyclic) bond motifs is 2. The summed E-state index contributed by atoms with van der Waals surface area (Å²) in [5.74, 6) is -1.29. The second kappa shape index (κ2) is 9.20. The van der Waals surface area contributed by atoms with Gasteiger partial charge in [0, 0.05) is 5.39 Å². The van der Waals surface area contributed by atoms with Crippen molar-refractivity contribution in [3.05, 3.63) is 113 Å². The molecule has 2 aliphatic rings. The van der Waals surface area contributed by atoms with Gasteiger partial charge in [0.1, 0.15) is 5.82 Å². The summed E-state index contributed by atoms with van der Waals surface area (Å²) in [4.78, 5) is 16.0. The van der Waals surface area contributed by atoms with Crippen LogP contribution in [0, 0.1) is 5.82 Å². The predicted octanol–water partition coefficient (Wildman–Crippen LogP) is 6.49. The van der Waals surface area contributed by atoms with Crippen molar-refractivity contribution in [2.45, 2.75) is 32.5 Å². The van der Waals surface area contributed by atoms with Crippen LogP contribution in [0.15, 0.2) is 90.0 Å². The minimum Gasteiger partial charge on any atom is -0.481 e. The van der Waals surface area contributed by atoms with Crippen molar-refractivity contribution in [1.82, 2.24) is 4.98 Å². The van der Waals surface area contributed by atoms with Gasteiger partial charge < -0.3 is 9.84 Å². The van der Waals surface area contributed by atoms with Crippen LogP contribution in [0.25, 0.3) is 22.0 Å². The van der Waals surface area contributed by atoms with Gasteiger partial charge in [-0.2, -0.15) is 0 Å². The minimum absolute atomic E-state index is 0.0420. The lowest BCUT2D eigenvalue weighted by Gasteiger charge is -2.16. The van der Waals surface area contributed by atoms with Crippen LogP contribution in [0.5, 0.6) is 0 Å². The third-order valence-electron chi connectivity index (χ3n) is 6.28. The van der Waals surface area contributed by atoms with Gasteiger partial charge in [0.15, 0.2) is 0 Å². The van der Waals surface area contributed by atoms with Gasteiger partial charge >= 0.3 is 5.97 Å². The number of ether oxygens (including phenoxy) is 1. The Hall–Kier alpha value is -3.83. The average molecular weight is 454 g/mol. The first-order chi connectivity index (χ1) is 16.5. The van der Waals surface area contributed by atoms with E-state index in [0.717, 1.165) is 45.3 Å². The smallest absolute Gasteiger partial charge is 0.307 e. The Bertz CT molecular complexity index is 1410. The van der Waals surface area contributed by atoms with Gasteiger partial charge in [-0.05, 0) is 77.1 Å². The molecule has 0 spiro atoms. The van der Waals surface area contributed by atoms with E-state index in [0.29, 0.717) is 17.7 Å². The number of aliphatic carboxylic acids is 1. The number of pyridine rings is 1. The number of nitrogens with zero attached hydrogens (tertiary/aromatic N) is 1. The molecule has 0 fully saturated rings. The Morgan fingerprint density at radius 2 is 2.03 bits per heavy atom. The molecule has 0 saturated heterocycles. The van der Waals surface area contributed by atoms with E-state index in [1.165, 1.54) is 12.1 Å². The zero-order chi connectivity index (χ0) is 23.7. The van der Waals surface area contributed by atoms with Crippen LogP contribution >= 0.6 is 0 Å². The predicted molar refractivity (Wildman–Crippen MR) is 131 cm³/mol. The molecule has 1 unspecified atom stereocenters. The van der Waals surface area contributed by atoms with Gasteiger partial charge in [0.25, 0.3) is 0 Å². The number of para-hydroxylation sites is 1. The van der Waals surface area contributed by atoms with E-state index in [2.05, 4.69) is 17.1 Å². The molecule has 2 aliphatic carbocycles. The SMILES string of the molecule is CC1=C(CC(=O)O)c2cc(F)ccc2/C1=C/C1=CCC(OCc2ccc3ccccc3n2)C=C1. The van der Waals surface area contributed by atoms with Gasteiger partial charge in [-0.15, -0.1) is 0 Å². The first-order valence-electron chi connectivity index (χ1n) is 11.3. The summed E-state index contributed by atoms with van der Waals surface area (Å²) >= 11 is 0. The fourth-order valence-electron chi connectivity index (χ4n) is 4.53. The summed E-state index contributed by atoms with van der Waals surface area (Å²) in [6.07, 6.45) is 8.75. The van der Waals surface area contributed by atoms with Gasteiger partial charge in [-0.25, -0.2) is 4.39 Å². The highest BCUT2D eigenvalue weighted by Gasteiger charge is 2.26. The Balaban J connectivity index is 1.30.